The molecule has 7 heteroatoms. The van der Waals surface area contributed by atoms with Crippen LogP contribution in [0.2, 0.25) is 0 Å². The average Bonchev–Trinajstić information content (AvgIpc) is 3.12. The summed E-state index contributed by atoms with van der Waals surface area (Å²) in [4.78, 5) is 16.8. The summed E-state index contributed by atoms with van der Waals surface area (Å²) in [7, 11) is -3.35. The van der Waals surface area contributed by atoms with Gasteiger partial charge in [0, 0.05) is 50.9 Å². The van der Waals surface area contributed by atoms with E-state index in [0.717, 1.165) is 30.6 Å². The minimum Gasteiger partial charge on any atom is -0.312 e. The van der Waals surface area contributed by atoms with E-state index in [1.54, 1.807) is 11.2 Å². The average molecular weight is 456 g/mol. The molecule has 172 valence electrons. The Labute approximate surface area is 191 Å². The van der Waals surface area contributed by atoms with Gasteiger partial charge in [-0.05, 0) is 48.9 Å². The van der Waals surface area contributed by atoms with Crippen LogP contribution < -0.4 is 4.90 Å². The zero-order chi connectivity index (χ0) is 22.9. The van der Waals surface area contributed by atoms with E-state index in [4.69, 9.17) is 0 Å². The monoisotopic (exact) mass is 455 g/mol. The van der Waals surface area contributed by atoms with Crippen LogP contribution in [0.3, 0.4) is 0 Å². The summed E-state index contributed by atoms with van der Waals surface area (Å²) in [6, 6.07) is 16.3. The van der Waals surface area contributed by atoms with Crippen LogP contribution in [-0.2, 0) is 27.9 Å². The molecule has 6 nitrogen and oxygen atoms in total. The van der Waals surface area contributed by atoms with E-state index in [-0.39, 0.29) is 18.0 Å². The summed E-state index contributed by atoms with van der Waals surface area (Å²) in [6.07, 6.45) is 3.66. The molecule has 0 radical (unpaired) electrons. The minimum atomic E-state index is -3.35. The molecule has 0 saturated carbocycles. The lowest BCUT2D eigenvalue weighted by Crippen LogP contribution is -2.46. The summed E-state index contributed by atoms with van der Waals surface area (Å²) < 4.78 is 27.3. The van der Waals surface area contributed by atoms with E-state index in [0.29, 0.717) is 26.1 Å². The second-order valence-electron chi connectivity index (χ2n) is 9.16. The molecule has 2 aliphatic rings. The summed E-state index contributed by atoms with van der Waals surface area (Å²) in [5, 5.41) is 0. The first-order valence-electron chi connectivity index (χ1n) is 11.4. The van der Waals surface area contributed by atoms with Gasteiger partial charge in [-0.3, -0.25) is 9.69 Å². The third kappa shape index (κ3) is 4.90. The number of nitrogens with zero attached hydrogens (tertiary/aromatic N) is 3. The first-order valence-corrected chi connectivity index (χ1v) is 13.2. The molecule has 0 unspecified atom stereocenters. The zero-order valence-corrected chi connectivity index (χ0v) is 20.0. The molecular formula is C25H33N3O3S. The molecule has 4 rings (SSSR count). The predicted octanol–water partition coefficient (Wildman–Crippen LogP) is 3.55. The maximum atomic E-state index is 12.8. The lowest BCUT2D eigenvalue weighted by Gasteiger charge is -2.32. The Hall–Kier alpha value is -2.22. The van der Waals surface area contributed by atoms with Crippen molar-refractivity contribution in [3.63, 3.8) is 0 Å². The van der Waals surface area contributed by atoms with Crippen LogP contribution in [-0.4, -0.2) is 55.0 Å². The van der Waals surface area contributed by atoms with Crippen LogP contribution >= 0.6 is 0 Å². The molecule has 1 amide bonds. The van der Waals surface area contributed by atoms with Gasteiger partial charge in [0.1, 0.15) is 0 Å². The molecule has 1 saturated heterocycles. The second kappa shape index (κ2) is 9.33. The van der Waals surface area contributed by atoms with Crippen molar-refractivity contribution in [1.82, 2.24) is 9.21 Å². The first kappa shape index (κ1) is 23.0. The first-order chi connectivity index (χ1) is 15.2. The fourth-order valence-electron chi connectivity index (χ4n) is 5.31. The predicted molar refractivity (Wildman–Crippen MR) is 128 cm³/mol. The zero-order valence-electron chi connectivity index (χ0n) is 19.2. The topological polar surface area (TPSA) is 60.9 Å². The highest BCUT2D eigenvalue weighted by Crippen LogP contribution is 2.33. The van der Waals surface area contributed by atoms with Gasteiger partial charge in [0.2, 0.25) is 15.9 Å². The Morgan fingerprint density at radius 2 is 1.69 bits per heavy atom. The van der Waals surface area contributed by atoms with Gasteiger partial charge in [-0.25, -0.2) is 8.42 Å². The number of aryl methyl sites for hydroxylation is 1. The van der Waals surface area contributed by atoms with E-state index >= 15 is 0 Å². The summed E-state index contributed by atoms with van der Waals surface area (Å²) >= 11 is 0. The number of para-hydroxylation sites is 1. The number of fused-ring (bicyclic) bond motifs is 3. The van der Waals surface area contributed by atoms with Gasteiger partial charge >= 0.3 is 0 Å². The van der Waals surface area contributed by atoms with Crippen molar-refractivity contribution in [3.8, 4) is 0 Å². The largest absolute Gasteiger partial charge is 0.312 e. The van der Waals surface area contributed by atoms with E-state index in [9.17, 15) is 13.2 Å². The lowest BCUT2D eigenvalue weighted by molar-refractivity contribution is -0.116. The van der Waals surface area contributed by atoms with Gasteiger partial charge in [0.15, 0.2) is 0 Å². The molecule has 0 aromatic heterocycles. The normalized spacial score (nSPS) is 22.9. The number of carbonyl (C=O) groups is 1. The maximum absolute atomic E-state index is 12.8. The molecule has 2 aromatic rings. The number of carbonyl (C=O) groups excluding carboxylic acids is 1. The van der Waals surface area contributed by atoms with Crippen LogP contribution in [0.25, 0.3) is 0 Å². The number of amides is 1. The number of rotatable bonds is 3. The molecule has 2 aromatic carbocycles. The highest BCUT2D eigenvalue weighted by atomic mass is 32.2. The van der Waals surface area contributed by atoms with Crippen LogP contribution in [0, 0.1) is 6.92 Å². The van der Waals surface area contributed by atoms with E-state index in [1.165, 1.54) is 17.4 Å². The maximum Gasteiger partial charge on any atom is 0.223 e. The SMILES string of the molecule is CC(=O)N1CC[C@H]2CC[C@@H](CN(Cc3ccccc3C)Cc3ccccc31)N2S(C)(=O)=O. The number of hydrogen-bond acceptors (Lipinski definition) is 4. The molecule has 32 heavy (non-hydrogen) atoms. The molecule has 0 N–H and O–H groups in total. The third-order valence-corrected chi connectivity index (χ3v) is 8.16. The summed E-state index contributed by atoms with van der Waals surface area (Å²) in [6.45, 7) is 6.29. The number of sulfonamides is 1. The Morgan fingerprint density at radius 1 is 1.00 bits per heavy atom. The molecule has 0 aliphatic carbocycles. The Kier molecular flexibility index (Phi) is 6.70. The standard InChI is InChI=1S/C25H33N3O3S/c1-19-8-4-5-9-21(19)16-26-17-22-10-6-7-11-25(22)27(20(2)29)15-14-23-12-13-24(18-26)28(23)32(3,30)31/h4-11,23-24H,12-18H2,1-3H3/t23-,24+/m1/s1. The van der Waals surface area contributed by atoms with Gasteiger partial charge < -0.3 is 4.90 Å². The van der Waals surface area contributed by atoms with Crippen molar-refractivity contribution in [2.24, 2.45) is 0 Å². The Morgan fingerprint density at radius 3 is 2.41 bits per heavy atom. The summed E-state index contributed by atoms with van der Waals surface area (Å²) in [5.74, 6) is -0.0115. The van der Waals surface area contributed by atoms with Crippen molar-refractivity contribution < 1.29 is 13.2 Å². The highest BCUT2D eigenvalue weighted by Gasteiger charge is 2.40. The molecule has 2 atom stereocenters. The van der Waals surface area contributed by atoms with Crippen LogP contribution in [0.15, 0.2) is 48.5 Å². The number of hydrogen-bond donors (Lipinski definition) is 0. The molecule has 0 spiro atoms. The van der Waals surface area contributed by atoms with Crippen molar-refractivity contribution in [2.75, 3.05) is 24.2 Å². The Balaban J connectivity index is 1.76. The molecule has 2 aliphatic heterocycles. The van der Waals surface area contributed by atoms with Crippen molar-refractivity contribution >= 4 is 21.6 Å². The fourth-order valence-corrected chi connectivity index (χ4v) is 6.77. The van der Waals surface area contributed by atoms with Crippen molar-refractivity contribution in [1.29, 1.82) is 0 Å². The molecule has 1 fully saturated rings. The molecule has 2 heterocycles. The van der Waals surface area contributed by atoms with E-state index in [1.807, 2.05) is 29.2 Å². The lowest BCUT2D eigenvalue weighted by atomic mass is 10.0. The van der Waals surface area contributed by atoms with Crippen molar-refractivity contribution in [3.05, 3.63) is 65.2 Å². The van der Waals surface area contributed by atoms with Gasteiger partial charge in [0.25, 0.3) is 0 Å². The third-order valence-electron chi connectivity index (χ3n) is 6.80. The van der Waals surface area contributed by atoms with E-state index in [2.05, 4.69) is 36.1 Å². The van der Waals surface area contributed by atoms with Crippen molar-refractivity contribution in [2.45, 2.75) is 58.3 Å². The minimum absolute atomic E-state index is 0.0115. The summed E-state index contributed by atoms with van der Waals surface area (Å²) in [5.41, 5.74) is 4.49. The smallest absolute Gasteiger partial charge is 0.223 e. The van der Waals surface area contributed by atoms with E-state index < -0.39 is 10.0 Å². The fraction of sp³-hybridized carbons (Fsp3) is 0.480. The van der Waals surface area contributed by atoms with Gasteiger partial charge in [0.05, 0.1) is 6.26 Å². The second-order valence-corrected chi connectivity index (χ2v) is 11.0. The van der Waals surface area contributed by atoms with Crippen LogP contribution in [0.4, 0.5) is 5.69 Å². The van der Waals surface area contributed by atoms with Crippen LogP contribution in [0.1, 0.15) is 42.9 Å². The Bertz CT molecular complexity index is 1090. The van der Waals surface area contributed by atoms with Gasteiger partial charge in [-0.15, -0.1) is 0 Å². The number of benzene rings is 2. The van der Waals surface area contributed by atoms with Gasteiger partial charge in [-0.2, -0.15) is 4.31 Å². The molecular weight excluding hydrogens is 422 g/mol. The quantitative estimate of drug-likeness (QED) is 0.710. The highest BCUT2D eigenvalue weighted by molar-refractivity contribution is 7.88. The molecule has 2 bridgehead atoms. The van der Waals surface area contributed by atoms with Gasteiger partial charge in [-0.1, -0.05) is 42.5 Å². The van der Waals surface area contributed by atoms with Crippen LogP contribution in [0.5, 0.6) is 0 Å². The number of anilines is 1.